The fourth-order valence-electron chi connectivity index (χ4n) is 5.67. The van der Waals surface area contributed by atoms with E-state index in [0.29, 0.717) is 42.8 Å². The second-order valence-corrected chi connectivity index (χ2v) is 11.0. The molecule has 1 aliphatic heterocycles. The fraction of sp³-hybridized carbons (Fsp3) is 0.406. The lowest BCUT2D eigenvalue weighted by molar-refractivity contribution is 0.0652. The maximum Gasteiger partial charge on any atom is 0.335 e. The number of phenolic OH excluding ortho intramolecular Hbond substituents is 1. The van der Waals surface area contributed by atoms with Crippen LogP contribution in [-0.4, -0.2) is 63.4 Å². The zero-order valence-electron chi connectivity index (χ0n) is 23.7. The quantitative estimate of drug-likeness (QED) is 0.418. The average Bonchev–Trinajstić information content (AvgIpc) is 3.38. The molecule has 0 saturated carbocycles. The average molecular weight is 559 g/mol. The molecular weight excluding hydrogens is 520 g/mol. The van der Waals surface area contributed by atoms with E-state index < -0.39 is 5.69 Å². The monoisotopic (exact) mass is 558 g/mol. The first-order chi connectivity index (χ1) is 19.8. The number of hydrogen-bond acceptors (Lipinski definition) is 6. The van der Waals surface area contributed by atoms with Crippen molar-refractivity contribution in [2.45, 2.75) is 51.2 Å². The molecule has 2 heterocycles. The number of aromatic hydroxyl groups is 1. The molecule has 1 fully saturated rings. The number of aromatic nitrogens is 2. The number of para-hydroxylation sites is 1. The molecule has 1 aliphatic carbocycles. The SMILES string of the molecule is CC(Cc1ccc(-n2c(=O)c3c(n(C)c2=O)C=CC(OCCN2CCCC2)CC3)cc1)NC(=O)c1ccccc1O. The van der Waals surface area contributed by atoms with Gasteiger partial charge in [0.2, 0.25) is 0 Å². The number of rotatable bonds is 9. The molecule has 1 saturated heterocycles. The number of phenols is 1. The van der Waals surface area contributed by atoms with E-state index in [1.807, 2.05) is 31.2 Å². The van der Waals surface area contributed by atoms with Gasteiger partial charge in [-0.15, -0.1) is 0 Å². The van der Waals surface area contributed by atoms with Crippen LogP contribution in [0.4, 0.5) is 0 Å². The number of nitrogens with zero attached hydrogens (tertiary/aromatic N) is 3. The van der Waals surface area contributed by atoms with Crippen LogP contribution in [0.15, 0.2) is 64.2 Å². The Morgan fingerprint density at radius 1 is 1.10 bits per heavy atom. The highest BCUT2D eigenvalue weighted by atomic mass is 16.5. The number of ether oxygens (including phenoxy) is 1. The summed E-state index contributed by atoms with van der Waals surface area (Å²) >= 11 is 0. The van der Waals surface area contributed by atoms with Crippen molar-refractivity contribution in [3.8, 4) is 11.4 Å². The lowest BCUT2D eigenvalue weighted by Gasteiger charge is -2.17. The first-order valence-electron chi connectivity index (χ1n) is 14.4. The molecule has 2 aliphatic rings. The van der Waals surface area contributed by atoms with Gasteiger partial charge in [-0.1, -0.05) is 30.3 Å². The van der Waals surface area contributed by atoms with Crippen molar-refractivity contribution in [2.75, 3.05) is 26.2 Å². The summed E-state index contributed by atoms with van der Waals surface area (Å²) in [5, 5.41) is 12.8. The maximum absolute atomic E-state index is 13.6. The van der Waals surface area contributed by atoms with Crippen molar-refractivity contribution in [3.63, 3.8) is 0 Å². The van der Waals surface area contributed by atoms with Gasteiger partial charge in [-0.2, -0.15) is 0 Å². The minimum Gasteiger partial charge on any atom is -0.507 e. The van der Waals surface area contributed by atoms with E-state index in [4.69, 9.17) is 4.74 Å². The number of carbonyl (C=O) groups is 1. The minimum atomic E-state index is -0.400. The highest BCUT2D eigenvalue weighted by molar-refractivity contribution is 5.96. The summed E-state index contributed by atoms with van der Waals surface area (Å²) in [7, 11) is 1.69. The van der Waals surface area contributed by atoms with Crippen LogP contribution in [0, 0.1) is 0 Å². The molecule has 2 atom stereocenters. The van der Waals surface area contributed by atoms with Gasteiger partial charge >= 0.3 is 5.69 Å². The van der Waals surface area contributed by atoms with Crippen molar-refractivity contribution < 1.29 is 14.6 Å². The van der Waals surface area contributed by atoms with Crippen LogP contribution in [-0.2, 0) is 24.6 Å². The van der Waals surface area contributed by atoms with E-state index in [0.717, 1.165) is 25.2 Å². The van der Waals surface area contributed by atoms with E-state index in [1.54, 1.807) is 37.4 Å². The van der Waals surface area contributed by atoms with Gasteiger partial charge in [0, 0.05) is 25.2 Å². The van der Waals surface area contributed by atoms with E-state index in [-0.39, 0.29) is 34.9 Å². The third-order valence-corrected chi connectivity index (χ3v) is 7.96. The topological polar surface area (TPSA) is 106 Å². The van der Waals surface area contributed by atoms with Gasteiger partial charge in [0.15, 0.2) is 0 Å². The Bertz CT molecular complexity index is 1530. The Kier molecular flexibility index (Phi) is 8.85. The molecular formula is C32H38N4O5. The van der Waals surface area contributed by atoms with Gasteiger partial charge in [0.1, 0.15) is 5.75 Å². The molecule has 0 radical (unpaired) electrons. The molecule has 41 heavy (non-hydrogen) atoms. The van der Waals surface area contributed by atoms with Crippen LogP contribution < -0.4 is 16.6 Å². The summed E-state index contributed by atoms with van der Waals surface area (Å²) in [4.78, 5) is 41.8. The first-order valence-corrected chi connectivity index (χ1v) is 14.4. The smallest absolute Gasteiger partial charge is 0.335 e. The molecule has 3 aromatic rings. The highest BCUT2D eigenvalue weighted by Crippen LogP contribution is 2.19. The normalized spacial score (nSPS) is 17.7. The molecule has 2 aromatic carbocycles. The number of benzene rings is 2. The standard InChI is InChI=1S/C32H38N4O5/c1-22(33-30(38)27-7-3-4-8-29(27)37)21-23-9-11-24(12-10-23)36-31(39)26-15-13-25(14-16-28(26)34(2)32(36)40)41-20-19-35-17-5-6-18-35/h3-4,7-12,14,16,22,25,37H,5-6,13,15,17-21H2,1-2H3,(H,33,38). The summed E-state index contributed by atoms with van der Waals surface area (Å²) in [6, 6.07) is 13.5. The molecule has 5 rings (SSSR count). The van der Waals surface area contributed by atoms with Crippen LogP contribution in [0.2, 0.25) is 0 Å². The fourth-order valence-corrected chi connectivity index (χ4v) is 5.67. The predicted molar refractivity (Wildman–Crippen MR) is 159 cm³/mol. The van der Waals surface area contributed by atoms with E-state index in [9.17, 15) is 19.5 Å². The van der Waals surface area contributed by atoms with Crippen LogP contribution in [0.1, 0.15) is 53.4 Å². The summed E-state index contributed by atoms with van der Waals surface area (Å²) in [6.07, 6.45) is 7.97. The third-order valence-electron chi connectivity index (χ3n) is 7.96. The van der Waals surface area contributed by atoms with Gasteiger partial charge in [0.05, 0.1) is 29.7 Å². The summed E-state index contributed by atoms with van der Waals surface area (Å²) in [5.41, 5.74) is 2.20. The third kappa shape index (κ3) is 6.52. The van der Waals surface area contributed by atoms with Gasteiger partial charge in [-0.25, -0.2) is 9.36 Å². The van der Waals surface area contributed by atoms with E-state index in [1.165, 1.54) is 28.0 Å². The van der Waals surface area contributed by atoms with E-state index >= 15 is 0 Å². The zero-order valence-corrected chi connectivity index (χ0v) is 23.7. The van der Waals surface area contributed by atoms with Crippen LogP contribution in [0.25, 0.3) is 11.8 Å². The number of carbonyl (C=O) groups excluding carboxylic acids is 1. The van der Waals surface area contributed by atoms with Gasteiger partial charge in [-0.3, -0.25) is 14.2 Å². The summed E-state index contributed by atoms with van der Waals surface area (Å²) in [6.45, 7) is 5.72. The molecule has 1 aromatic heterocycles. The predicted octanol–water partition coefficient (Wildman–Crippen LogP) is 3.04. The Balaban J connectivity index is 1.26. The van der Waals surface area contributed by atoms with Gasteiger partial charge in [-0.05, 0) is 88.0 Å². The minimum absolute atomic E-state index is 0.0645. The molecule has 0 bridgehead atoms. The second-order valence-electron chi connectivity index (χ2n) is 11.0. The number of likely N-dealkylation sites (tertiary alicyclic amines) is 1. The van der Waals surface area contributed by atoms with Crippen LogP contribution >= 0.6 is 0 Å². The van der Waals surface area contributed by atoms with Gasteiger partial charge in [0.25, 0.3) is 11.5 Å². The summed E-state index contributed by atoms with van der Waals surface area (Å²) in [5.74, 6) is -0.411. The molecule has 1 amide bonds. The number of fused-ring (bicyclic) bond motifs is 1. The molecule has 216 valence electrons. The molecule has 9 nitrogen and oxygen atoms in total. The maximum atomic E-state index is 13.6. The van der Waals surface area contributed by atoms with E-state index in [2.05, 4.69) is 10.2 Å². The van der Waals surface area contributed by atoms with Crippen molar-refractivity contribution in [1.82, 2.24) is 19.4 Å². The number of amides is 1. The van der Waals surface area contributed by atoms with Crippen molar-refractivity contribution in [2.24, 2.45) is 7.05 Å². The Hall–Kier alpha value is -3.95. The molecule has 9 heteroatoms. The summed E-state index contributed by atoms with van der Waals surface area (Å²) < 4.78 is 8.88. The Labute approximate surface area is 239 Å². The molecule has 0 spiro atoms. The molecule has 2 unspecified atom stereocenters. The Morgan fingerprint density at radius 2 is 1.83 bits per heavy atom. The number of hydrogen-bond donors (Lipinski definition) is 2. The largest absolute Gasteiger partial charge is 0.507 e. The van der Waals surface area contributed by atoms with Gasteiger partial charge < -0.3 is 20.1 Å². The lowest BCUT2D eigenvalue weighted by Crippen LogP contribution is -2.41. The van der Waals surface area contributed by atoms with Crippen molar-refractivity contribution in [1.29, 1.82) is 0 Å². The first kappa shape index (κ1) is 28.6. The molecule has 2 N–H and O–H groups in total. The lowest BCUT2D eigenvalue weighted by atomic mass is 10.1. The zero-order chi connectivity index (χ0) is 28.9. The van der Waals surface area contributed by atoms with Crippen LogP contribution in [0.3, 0.4) is 0 Å². The van der Waals surface area contributed by atoms with Crippen molar-refractivity contribution >= 4 is 12.0 Å². The number of nitrogens with one attached hydrogen (secondary N) is 1. The second kappa shape index (κ2) is 12.7. The Morgan fingerprint density at radius 3 is 2.56 bits per heavy atom. The van der Waals surface area contributed by atoms with Crippen LogP contribution in [0.5, 0.6) is 5.75 Å². The van der Waals surface area contributed by atoms with Crippen molar-refractivity contribution in [3.05, 3.63) is 97.8 Å². The highest BCUT2D eigenvalue weighted by Gasteiger charge is 2.22.